The zero-order chi connectivity index (χ0) is 40.4. The van der Waals surface area contributed by atoms with Crippen molar-refractivity contribution in [1.29, 1.82) is 0 Å². The maximum absolute atomic E-state index is 2.67. The number of aromatic nitrogens is 2. The van der Waals surface area contributed by atoms with Crippen LogP contribution in [0.5, 0.6) is 0 Å². The summed E-state index contributed by atoms with van der Waals surface area (Å²) in [5.74, 6) is 0. The van der Waals surface area contributed by atoms with Gasteiger partial charge in [0.25, 0.3) is 0 Å². The second-order valence-corrected chi connectivity index (χ2v) is 19.0. The van der Waals surface area contributed by atoms with E-state index >= 15 is 0 Å². The average Bonchev–Trinajstić information content (AvgIpc) is 3.79. The van der Waals surface area contributed by atoms with Gasteiger partial charge in [-0.25, -0.2) is 0 Å². The zero-order valence-corrected chi connectivity index (χ0v) is 34.9. The second kappa shape index (κ2) is 11.2. The fourth-order valence-corrected chi connectivity index (χ4v) is 11.8. The summed E-state index contributed by atoms with van der Waals surface area (Å²) in [6, 6.07) is 61.7. The Morgan fingerprint density at radius 3 is 1.28 bits per heavy atom. The van der Waals surface area contributed by atoms with Gasteiger partial charge >= 0.3 is 0 Å². The van der Waals surface area contributed by atoms with Crippen LogP contribution in [0.3, 0.4) is 0 Å². The van der Waals surface area contributed by atoms with E-state index in [0.717, 1.165) is 11.4 Å². The molecule has 0 unspecified atom stereocenters. The normalized spacial score (nSPS) is 16.2. The average molecular weight is 772 g/mol. The summed E-state index contributed by atoms with van der Waals surface area (Å²) in [5, 5.41) is 5.03. The molecule has 0 radical (unpaired) electrons. The van der Waals surface area contributed by atoms with Crippen molar-refractivity contribution >= 4 is 60.7 Å². The van der Waals surface area contributed by atoms with Crippen molar-refractivity contribution in [1.82, 2.24) is 9.13 Å². The predicted octanol–water partition coefficient (Wildman–Crippen LogP) is 14.9. The van der Waals surface area contributed by atoms with Crippen molar-refractivity contribution in [3.8, 4) is 22.5 Å². The van der Waals surface area contributed by atoms with Crippen LogP contribution in [0.1, 0.15) is 74.9 Å². The molecule has 13 rings (SSSR count). The third-order valence-electron chi connectivity index (χ3n) is 14.8. The summed E-state index contributed by atoms with van der Waals surface area (Å²) in [4.78, 5) is 2.67. The topological polar surface area (TPSA) is 13.1 Å². The first kappa shape index (κ1) is 34.1. The Kier molecular flexibility index (Phi) is 6.39. The van der Waals surface area contributed by atoms with Crippen molar-refractivity contribution in [2.75, 3.05) is 4.90 Å². The second-order valence-electron chi connectivity index (χ2n) is 19.0. The summed E-state index contributed by atoms with van der Waals surface area (Å²) in [7, 11) is 0. The van der Waals surface area contributed by atoms with Crippen LogP contribution >= 0.6 is 0 Å². The van der Waals surface area contributed by atoms with Gasteiger partial charge in [0.15, 0.2) is 0 Å². The highest BCUT2D eigenvalue weighted by Gasteiger charge is 2.51. The van der Waals surface area contributed by atoms with Gasteiger partial charge in [0.05, 0.1) is 39.1 Å². The SMILES string of the molecule is CC1(C)c2cccc3c2N2c4c1cccc4C(C)(C)c1cc(-c4ccc5c(c4)c4ccc6c7ccccc7n(-c7ccccc7)c6c4n5-c4ccccc4)cc(c12)C3(C)C. The molecule has 3 heteroatoms. The Labute approximate surface area is 350 Å². The lowest BCUT2D eigenvalue weighted by Gasteiger charge is -2.55. The van der Waals surface area contributed by atoms with Crippen LogP contribution < -0.4 is 4.90 Å². The van der Waals surface area contributed by atoms with Gasteiger partial charge in [-0.3, -0.25) is 0 Å². The minimum atomic E-state index is -0.207. The van der Waals surface area contributed by atoms with Gasteiger partial charge < -0.3 is 14.0 Å². The largest absolute Gasteiger partial charge is 0.309 e. The standard InChI is InChI=1S/C57H45N3/c1-55(2)42-22-15-24-44-52(42)60-53-43(55)23-16-25-45(53)57(5,6)47-33-35(32-46(54(47)60)56(44,3)4)34-27-30-49-41(31-34)40-29-28-39-38-21-13-14-26-48(38)58(36-17-9-7-10-18-36)50(39)51(40)59(49)37-19-11-8-12-20-37/h7-33H,1-6H3. The quantitative estimate of drug-likeness (QED) is 0.174. The van der Waals surface area contributed by atoms with E-state index in [2.05, 4.69) is 219 Å². The molecule has 0 saturated heterocycles. The van der Waals surface area contributed by atoms with Gasteiger partial charge in [-0.05, 0) is 99.1 Å². The number of rotatable bonds is 3. The summed E-state index contributed by atoms with van der Waals surface area (Å²) in [6.45, 7) is 14.6. The third kappa shape index (κ3) is 4.06. The van der Waals surface area contributed by atoms with Crippen molar-refractivity contribution in [2.24, 2.45) is 0 Å². The van der Waals surface area contributed by atoms with E-state index < -0.39 is 0 Å². The number of para-hydroxylation sites is 5. The van der Waals surface area contributed by atoms with Crippen LogP contribution in [-0.4, -0.2) is 9.13 Å². The fourth-order valence-electron chi connectivity index (χ4n) is 11.8. The molecule has 0 aliphatic carbocycles. The molecular weight excluding hydrogens is 727 g/mol. The summed E-state index contributed by atoms with van der Waals surface area (Å²) >= 11 is 0. The minimum absolute atomic E-state index is 0.107. The molecule has 2 aromatic heterocycles. The zero-order valence-electron chi connectivity index (χ0n) is 34.9. The van der Waals surface area contributed by atoms with E-state index in [9.17, 15) is 0 Å². The highest BCUT2D eigenvalue weighted by Crippen LogP contribution is 2.66. The number of hydrogen-bond donors (Lipinski definition) is 0. The molecule has 3 nitrogen and oxygen atoms in total. The van der Waals surface area contributed by atoms with Gasteiger partial charge in [-0.2, -0.15) is 0 Å². The van der Waals surface area contributed by atoms with Crippen molar-refractivity contribution in [2.45, 2.75) is 57.8 Å². The van der Waals surface area contributed by atoms with E-state index in [1.165, 1.54) is 105 Å². The molecule has 288 valence electrons. The van der Waals surface area contributed by atoms with Crippen LogP contribution in [0.4, 0.5) is 17.1 Å². The summed E-state index contributed by atoms with van der Waals surface area (Å²) in [5.41, 5.74) is 21.8. The lowest BCUT2D eigenvalue weighted by Crippen LogP contribution is -2.43. The van der Waals surface area contributed by atoms with Crippen molar-refractivity contribution in [3.05, 3.63) is 197 Å². The Hall–Kier alpha value is -6.84. The lowest BCUT2D eigenvalue weighted by molar-refractivity contribution is 0.567. The molecule has 3 aliphatic heterocycles. The van der Waals surface area contributed by atoms with Crippen molar-refractivity contribution in [3.63, 3.8) is 0 Å². The Balaban J connectivity index is 1.11. The van der Waals surface area contributed by atoms with E-state index in [1.54, 1.807) is 0 Å². The third-order valence-corrected chi connectivity index (χ3v) is 14.8. The monoisotopic (exact) mass is 771 g/mol. The predicted molar refractivity (Wildman–Crippen MR) is 252 cm³/mol. The van der Waals surface area contributed by atoms with Crippen molar-refractivity contribution < 1.29 is 0 Å². The van der Waals surface area contributed by atoms with Crippen LogP contribution in [0.25, 0.3) is 66.1 Å². The number of hydrogen-bond acceptors (Lipinski definition) is 1. The van der Waals surface area contributed by atoms with E-state index in [0.29, 0.717) is 0 Å². The maximum atomic E-state index is 2.67. The molecule has 5 heterocycles. The number of benzene rings is 8. The van der Waals surface area contributed by atoms with Crippen LogP contribution in [0.15, 0.2) is 164 Å². The summed E-state index contributed by atoms with van der Waals surface area (Å²) < 4.78 is 4.97. The highest BCUT2D eigenvalue weighted by molar-refractivity contribution is 6.24. The number of fused-ring (bicyclic) bond motifs is 7. The molecule has 0 atom stereocenters. The lowest BCUT2D eigenvalue weighted by atomic mass is 9.60. The van der Waals surface area contributed by atoms with Gasteiger partial charge in [0.1, 0.15) is 0 Å². The number of nitrogens with zero attached hydrogens (tertiary/aromatic N) is 3. The molecule has 0 saturated carbocycles. The van der Waals surface area contributed by atoms with E-state index in [-0.39, 0.29) is 16.2 Å². The molecular formula is C57H45N3. The van der Waals surface area contributed by atoms with Crippen LogP contribution in [0, 0.1) is 0 Å². The van der Waals surface area contributed by atoms with E-state index in [1.807, 2.05) is 0 Å². The molecule has 0 fully saturated rings. The van der Waals surface area contributed by atoms with E-state index in [4.69, 9.17) is 0 Å². The molecule has 0 bridgehead atoms. The van der Waals surface area contributed by atoms with Gasteiger partial charge in [0.2, 0.25) is 0 Å². The minimum Gasteiger partial charge on any atom is -0.309 e. The van der Waals surface area contributed by atoms with Gasteiger partial charge in [-0.1, -0.05) is 151 Å². The first-order valence-corrected chi connectivity index (χ1v) is 21.5. The maximum Gasteiger partial charge on any atom is 0.0788 e. The van der Waals surface area contributed by atoms with Gasteiger partial charge in [-0.15, -0.1) is 0 Å². The Bertz CT molecular complexity index is 3410. The first-order valence-electron chi connectivity index (χ1n) is 21.5. The van der Waals surface area contributed by atoms with Crippen LogP contribution in [0.2, 0.25) is 0 Å². The molecule has 8 aromatic carbocycles. The Morgan fingerprint density at radius 2 is 0.750 bits per heavy atom. The van der Waals surface area contributed by atoms with Gasteiger partial charge in [0, 0.05) is 49.2 Å². The molecule has 60 heavy (non-hydrogen) atoms. The molecule has 0 spiro atoms. The molecule has 3 aliphatic rings. The molecule has 0 N–H and O–H groups in total. The first-order chi connectivity index (χ1) is 29.1. The molecule has 0 amide bonds. The summed E-state index contributed by atoms with van der Waals surface area (Å²) in [6.07, 6.45) is 0. The molecule has 10 aromatic rings. The highest BCUT2D eigenvalue weighted by atomic mass is 15.2. The Morgan fingerprint density at radius 1 is 0.317 bits per heavy atom. The number of anilines is 3. The fraction of sp³-hybridized carbons (Fsp3) is 0.158. The smallest absolute Gasteiger partial charge is 0.0788 e. The van der Waals surface area contributed by atoms with Crippen LogP contribution in [-0.2, 0) is 16.2 Å².